The van der Waals surface area contributed by atoms with Crippen molar-refractivity contribution in [1.29, 1.82) is 0 Å². The average Bonchev–Trinajstić information content (AvgIpc) is 2.14. The average molecular weight is 198 g/mol. The van der Waals surface area contributed by atoms with Crippen LogP contribution in [-0.4, -0.2) is 37.0 Å². The van der Waals surface area contributed by atoms with Crippen LogP contribution in [0.3, 0.4) is 0 Å². The molecule has 0 aromatic carbocycles. The van der Waals surface area contributed by atoms with Crippen LogP contribution in [0, 0.1) is 0 Å². The molecule has 0 spiro atoms. The third kappa shape index (κ3) is 6.40. The Bertz CT molecular complexity index is 242. The first kappa shape index (κ1) is 12.9. The molecule has 80 valence electrons. The van der Waals surface area contributed by atoms with E-state index >= 15 is 0 Å². The van der Waals surface area contributed by atoms with Gasteiger partial charge in [0.2, 0.25) is 6.54 Å². The van der Waals surface area contributed by atoms with Gasteiger partial charge in [0.15, 0.2) is 6.21 Å². The molecule has 0 radical (unpaired) electrons. The first-order valence-corrected chi connectivity index (χ1v) is 4.96. The number of allylic oxidation sites excluding steroid dienone is 2. The Labute approximate surface area is 86.1 Å². The van der Waals surface area contributed by atoms with E-state index in [1.54, 1.807) is 0 Å². The third-order valence-corrected chi connectivity index (χ3v) is 1.86. The number of esters is 1. The fourth-order valence-corrected chi connectivity index (χ4v) is 0.835. The van der Waals surface area contributed by atoms with Crippen molar-refractivity contribution in [2.45, 2.75) is 27.2 Å². The molecule has 0 rings (SSSR count). The molecule has 0 saturated heterocycles. The second-order valence-corrected chi connectivity index (χ2v) is 3.24. The van der Waals surface area contributed by atoms with E-state index in [-0.39, 0.29) is 5.97 Å². The molecular weight excluding hydrogens is 178 g/mol. The van der Waals surface area contributed by atoms with Crippen molar-refractivity contribution in [1.82, 2.24) is 0 Å². The van der Waals surface area contributed by atoms with Crippen molar-refractivity contribution >= 4 is 12.2 Å². The van der Waals surface area contributed by atoms with Crippen LogP contribution >= 0.6 is 0 Å². The second-order valence-electron chi connectivity index (χ2n) is 3.24. The Balaban J connectivity index is 4.07. The predicted octanol–water partition coefficient (Wildman–Crippen LogP) is 1.62. The van der Waals surface area contributed by atoms with Crippen molar-refractivity contribution in [2.24, 2.45) is 0 Å². The van der Waals surface area contributed by atoms with Crippen LogP contribution in [-0.2, 0) is 9.53 Å². The zero-order valence-corrected chi connectivity index (χ0v) is 9.54. The molecule has 0 saturated carbocycles. The van der Waals surface area contributed by atoms with Crippen LogP contribution in [0.2, 0.25) is 0 Å². The van der Waals surface area contributed by atoms with E-state index in [2.05, 4.69) is 13.8 Å². The lowest BCUT2D eigenvalue weighted by molar-refractivity contribution is -0.482. The molecular formula is C11H20NO2+. The molecule has 3 heteroatoms. The largest absolute Gasteiger partial charge is 0.461 e. The number of nitrogens with zero attached hydrogens (tertiary/aromatic N) is 1. The van der Waals surface area contributed by atoms with Gasteiger partial charge in [0.05, 0.1) is 6.61 Å². The van der Waals surface area contributed by atoms with Gasteiger partial charge in [0, 0.05) is 6.08 Å². The molecule has 0 aliphatic rings. The monoisotopic (exact) mass is 198 g/mol. The van der Waals surface area contributed by atoms with Crippen molar-refractivity contribution in [3.8, 4) is 0 Å². The summed E-state index contributed by atoms with van der Waals surface area (Å²) < 4.78 is 6.64. The summed E-state index contributed by atoms with van der Waals surface area (Å²) in [4.78, 5) is 11.1. The quantitative estimate of drug-likeness (QED) is 0.381. The molecule has 0 unspecified atom stereocenters. The third-order valence-electron chi connectivity index (χ3n) is 1.86. The van der Waals surface area contributed by atoms with Crippen LogP contribution < -0.4 is 0 Å². The van der Waals surface area contributed by atoms with Crippen LogP contribution in [0.1, 0.15) is 27.2 Å². The zero-order valence-electron chi connectivity index (χ0n) is 9.54. The molecule has 0 N–H and O–H groups in total. The number of ether oxygens (including phenoxy) is 1. The van der Waals surface area contributed by atoms with E-state index in [4.69, 9.17) is 4.74 Å². The summed E-state index contributed by atoms with van der Waals surface area (Å²) in [6.07, 6.45) is 4.94. The van der Waals surface area contributed by atoms with Crippen LogP contribution in [0.5, 0.6) is 0 Å². The first-order valence-electron chi connectivity index (χ1n) is 4.96. The number of carbonyl (C=O) groups is 1. The Morgan fingerprint density at radius 2 is 2.07 bits per heavy atom. The van der Waals surface area contributed by atoms with Gasteiger partial charge in [-0.1, -0.05) is 12.5 Å². The number of hydrogen-bond acceptors (Lipinski definition) is 2. The number of carbonyl (C=O) groups excluding carboxylic acids is 1. The van der Waals surface area contributed by atoms with Gasteiger partial charge in [-0.25, -0.2) is 9.37 Å². The number of likely N-dealkylation sites (N-methyl/N-ethyl adjacent to an activating group) is 1. The second kappa shape index (κ2) is 7.30. The normalized spacial score (nSPS) is 12.9. The van der Waals surface area contributed by atoms with Gasteiger partial charge < -0.3 is 4.74 Å². The summed E-state index contributed by atoms with van der Waals surface area (Å²) in [6, 6.07) is 0. The van der Waals surface area contributed by atoms with E-state index in [1.807, 2.05) is 30.8 Å². The molecule has 0 aromatic rings. The standard InChI is InChI=1S/C11H20NO2/c1-5-10(3)7-8-12(4)9-11(13)14-6-2/h7-8H,5-6,9H2,1-4H3/q+1/b10-7+,12-8?. The van der Waals surface area contributed by atoms with Gasteiger partial charge in [-0.15, -0.1) is 0 Å². The summed E-state index contributed by atoms with van der Waals surface area (Å²) in [7, 11) is 1.86. The lowest BCUT2D eigenvalue weighted by Gasteiger charge is -1.97. The molecule has 0 aromatic heterocycles. The molecule has 0 bridgehead atoms. The summed E-state index contributed by atoms with van der Waals surface area (Å²) in [5.74, 6) is -0.186. The van der Waals surface area contributed by atoms with Crippen molar-refractivity contribution in [3.63, 3.8) is 0 Å². The van der Waals surface area contributed by atoms with Gasteiger partial charge >= 0.3 is 5.97 Å². The lowest BCUT2D eigenvalue weighted by atomic mass is 10.2. The Morgan fingerprint density at radius 3 is 2.57 bits per heavy atom. The van der Waals surface area contributed by atoms with E-state index < -0.39 is 0 Å². The fourth-order valence-electron chi connectivity index (χ4n) is 0.835. The minimum absolute atomic E-state index is 0.186. The van der Waals surface area contributed by atoms with E-state index in [9.17, 15) is 4.79 Å². The predicted molar refractivity (Wildman–Crippen MR) is 57.8 cm³/mol. The topological polar surface area (TPSA) is 29.3 Å². The molecule has 0 amide bonds. The molecule has 0 aliphatic heterocycles. The molecule has 0 aliphatic carbocycles. The van der Waals surface area contributed by atoms with E-state index in [0.717, 1.165) is 6.42 Å². The SMILES string of the molecule is CCOC(=O)C[N+](C)=C/C=C(\C)CC. The van der Waals surface area contributed by atoms with Gasteiger partial charge in [0.25, 0.3) is 0 Å². The Kier molecular flexibility index (Phi) is 6.72. The number of hydrogen-bond donors (Lipinski definition) is 0. The van der Waals surface area contributed by atoms with Crippen LogP contribution in [0.25, 0.3) is 0 Å². The van der Waals surface area contributed by atoms with Crippen LogP contribution in [0.15, 0.2) is 11.6 Å². The zero-order chi connectivity index (χ0) is 11.0. The van der Waals surface area contributed by atoms with Crippen molar-refractivity contribution in [3.05, 3.63) is 11.6 Å². The highest BCUT2D eigenvalue weighted by atomic mass is 16.5. The summed E-state index contributed by atoms with van der Waals surface area (Å²) >= 11 is 0. The van der Waals surface area contributed by atoms with Gasteiger partial charge in [-0.2, -0.15) is 0 Å². The minimum atomic E-state index is -0.186. The maximum Gasteiger partial charge on any atom is 0.372 e. The smallest absolute Gasteiger partial charge is 0.372 e. The molecule has 0 fully saturated rings. The van der Waals surface area contributed by atoms with Gasteiger partial charge in [0.1, 0.15) is 7.05 Å². The Morgan fingerprint density at radius 1 is 1.43 bits per heavy atom. The highest BCUT2D eigenvalue weighted by Gasteiger charge is 2.06. The highest BCUT2D eigenvalue weighted by molar-refractivity contribution is 5.72. The van der Waals surface area contributed by atoms with Gasteiger partial charge in [-0.3, -0.25) is 0 Å². The molecule has 14 heavy (non-hydrogen) atoms. The Hall–Kier alpha value is -1.12. The minimum Gasteiger partial charge on any atom is -0.461 e. The van der Waals surface area contributed by atoms with Crippen LogP contribution in [0.4, 0.5) is 0 Å². The van der Waals surface area contributed by atoms with Crippen molar-refractivity contribution in [2.75, 3.05) is 20.2 Å². The van der Waals surface area contributed by atoms with Gasteiger partial charge in [-0.05, 0) is 20.3 Å². The lowest BCUT2D eigenvalue weighted by Crippen LogP contribution is -2.20. The fraction of sp³-hybridized carbons (Fsp3) is 0.636. The summed E-state index contributed by atoms with van der Waals surface area (Å²) in [6.45, 7) is 6.72. The maximum atomic E-state index is 11.1. The first-order chi connectivity index (χ1) is 6.60. The summed E-state index contributed by atoms with van der Waals surface area (Å²) in [5.41, 5.74) is 1.29. The highest BCUT2D eigenvalue weighted by Crippen LogP contribution is 1.94. The maximum absolute atomic E-state index is 11.1. The molecule has 3 nitrogen and oxygen atoms in total. The summed E-state index contributed by atoms with van der Waals surface area (Å²) in [5, 5.41) is 0. The van der Waals surface area contributed by atoms with Crippen molar-refractivity contribution < 1.29 is 14.1 Å². The van der Waals surface area contributed by atoms with E-state index in [0.29, 0.717) is 13.2 Å². The number of rotatable bonds is 5. The molecule has 0 atom stereocenters. The molecule has 0 heterocycles. The van der Waals surface area contributed by atoms with E-state index in [1.165, 1.54) is 5.57 Å².